The number of rotatable bonds is 3. The molecule has 2 aromatic rings. The predicted octanol–water partition coefficient (Wildman–Crippen LogP) is 4.97. The van der Waals surface area contributed by atoms with Gasteiger partial charge in [0.15, 0.2) is 0 Å². The number of halogens is 6. The normalized spacial score (nSPS) is 13.4. The van der Waals surface area contributed by atoms with Crippen molar-refractivity contribution < 1.29 is 22.0 Å². The van der Waals surface area contributed by atoms with Gasteiger partial charge in [-0.3, -0.25) is 0 Å². The lowest BCUT2D eigenvalue weighted by Crippen LogP contribution is -2.45. The average molecular weight is 338 g/mol. The molecule has 0 radical (unpaired) electrons. The highest BCUT2D eigenvalue weighted by Gasteiger charge is 2.61. The van der Waals surface area contributed by atoms with Crippen LogP contribution in [-0.2, 0) is 0 Å². The molecule has 0 aliphatic heterocycles. The Balaban J connectivity index is 0.00000242. The highest BCUT2D eigenvalue weighted by molar-refractivity contribution is 5.85. The van der Waals surface area contributed by atoms with Crippen molar-refractivity contribution in [3.05, 3.63) is 60.2 Å². The van der Waals surface area contributed by atoms with Gasteiger partial charge in [0.25, 0.3) is 0 Å². The fourth-order valence-corrected chi connectivity index (χ4v) is 1.93. The van der Waals surface area contributed by atoms with E-state index in [0.717, 1.165) is 6.07 Å². The van der Waals surface area contributed by atoms with E-state index in [9.17, 15) is 22.0 Å². The summed E-state index contributed by atoms with van der Waals surface area (Å²) < 4.78 is 63.7. The summed E-state index contributed by atoms with van der Waals surface area (Å²) in [5.41, 5.74) is 6.11. The lowest BCUT2D eigenvalue weighted by atomic mass is 9.96. The Morgan fingerprint density at radius 1 is 0.773 bits per heavy atom. The quantitative estimate of drug-likeness (QED) is 0.786. The fraction of sp³-hybridized carbons (Fsp3) is 0.200. The van der Waals surface area contributed by atoms with Gasteiger partial charge in [-0.25, -0.2) is 0 Å². The number of nitrogens with two attached hydrogens (primary N) is 1. The predicted molar refractivity (Wildman–Crippen MR) is 77.1 cm³/mol. The summed E-state index contributed by atoms with van der Waals surface area (Å²) in [7, 11) is 0. The molecular weight excluding hydrogens is 325 g/mol. The fourth-order valence-electron chi connectivity index (χ4n) is 1.93. The van der Waals surface area contributed by atoms with E-state index >= 15 is 0 Å². The molecule has 0 aromatic heterocycles. The summed E-state index contributed by atoms with van der Waals surface area (Å²) in [5.74, 6) is -4.98. The van der Waals surface area contributed by atoms with Gasteiger partial charge in [-0.05, 0) is 22.8 Å². The van der Waals surface area contributed by atoms with Crippen LogP contribution in [0.1, 0.15) is 11.6 Å². The molecule has 1 nitrogen and oxygen atoms in total. The summed E-state index contributed by atoms with van der Waals surface area (Å²) >= 11 is 0. The highest BCUT2D eigenvalue weighted by atomic mass is 35.5. The molecule has 0 heterocycles. The first kappa shape index (κ1) is 18.4. The van der Waals surface area contributed by atoms with Gasteiger partial charge in [0, 0.05) is 0 Å². The highest BCUT2D eigenvalue weighted by Crippen LogP contribution is 2.43. The largest absolute Gasteiger partial charge is 0.455 e. The summed E-state index contributed by atoms with van der Waals surface area (Å²) in [5, 5.41) is 0. The molecule has 0 saturated carbocycles. The Kier molecular flexibility index (Phi) is 5.54. The van der Waals surface area contributed by atoms with E-state index in [1.165, 1.54) is 12.1 Å². The van der Waals surface area contributed by atoms with E-state index in [2.05, 4.69) is 0 Å². The molecule has 0 amide bonds. The average Bonchev–Trinajstić information content (AvgIpc) is 2.46. The Morgan fingerprint density at radius 3 is 1.86 bits per heavy atom. The van der Waals surface area contributed by atoms with E-state index in [0.29, 0.717) is 11.1 Å². The van der Waals surface area contributed by atoms with E-state index in [-0.39, 0.29) is 18.0 Å². The Morgan fingerprint density at radius 2 is 1.32 bits per heavy atom. The monoisotopic (exact) mass is 337 g/mol. The topological polar surface area (TPSA) is 26.0 Å². The van der Waals surface area contributed by atoms with E-state index in [4.69, 9.17) is 5.73 Å². The lowest BCUT2D eigenvalue weighted by molar-refractivity contribution is -0.291. The number of hydrogen-bond acceptors (Lipinski definition) is 1. The van der Waals surface area contributed by atoms with Crippen LogP contribution in [0, 0.1) is 0 Å². The van der Waals surface area contributed by atoms with Crippen molar-refractivity contribution in [2.24, 2.45) is 5.73 Å². The van der Waals surface area contributed by atoms with Gasteiger partial charge in [0.05, 0.1) is 0 Å². The van der Waals surface area contributed by atoms with Crippen LogP contribution in [0.3, 0.4) is 0 Å². The van der Waals surface area contributed by atoms with Crippen molar-refractivity contribution in [2.75, 3.05) is 0 Å². The van der Waals surface area contributed by atoms with Crippen molar-refractivity contribution in [3.63, 3.8) is 0 Å². The Labute approximate surface area is 130 Å². The van der Waals surface area contributed by atoms with Gasteiger partial charge in [-0.2, -0.15) is 22.0 Å². The molecule has 0 spiro atoms. The molecule has 120 valence electrons. The number of benzene rings is 2. The maximum Gasteiger partial charge on any atom is 0.455 e. The smallest absolute Gasteiger partial charge is 0.319 e. The molecule has 0 unspecified atom stereocenters. The maximum absolute atomic E-state index is 13.3. The standard InChI is InChI=1S/C15H12F5N.ClH/c16-14(17,15(18,19)20)13(21)12-8-4-7-11(9-12)10-5-2-1-3-6-10;/h1-9,13H,21H2;1H/t13-;/m0./s1. The van der Waals surface area contributed by atoms with Crippen LogP contribution in [-0.4, -0.2) is 12.1 Å². The van der Waals surface area contributed by atoms with Crippen molar-refractivity contribution in [1.82, 2.24) is 0 Å². The van der Waals surface area contributed by atoms with Crippen LogP contribution in [0.25, 0.3) is 11.1 Å². The SMILES string of the molecule is Cl.N[C@@H](c1cccc(-c2ccccc2)c1)C(F)(F)C(F)(F)F. The van der Waals surface area contributed by atoms with Gasteiger partial charge in [-0.15, -0.1) is 12.4 Å². The molecule has 0 bridgehead atoms. The number of hydrogen-bond donors (Lipinski definition) is 1. The zero-order valence-corrected chi connectivity index (χ0v) is 12.0. The van der Waals surface area contributed by atoms with E-state index < -0.39 is 18.1 Å². The van der Waals surface area contributed by atoms with Crippen LogP contribution >= 0.6 is 12.4 Å². The third kappa shape index (κ3) is 3.56. The van der Waals surface area contributed by atoms with Crippen molar-refractivity contribution in [1.29, 1.82) is 0 Å². The second-order valence-electron chi connectivity index (χ2n) is 4.59. The zero-order chi connectivity index (χ0) is 15.7. The molecule has 2 N–H and O–H groups in total. The minimum atomic E-state index is -5.69. The third-order valence-corrected chi connectivity index (χ3v) is 3.12. The first-order valence-electron chi connectivity index (χ1n) is 6.09. The Hall–Kier alpha value is -1.66. The van der Waals surface area contributed by atoms with E-state index in [1.807, 2.05) is 0 Å². The lowest BCUT2D eigenvalue weighted by Gasteiger charge is -2.26. The summed E-state index contributed by atoms with van der Waals surface area (Å²) in [6.07, 6.45) is -5.69. The van der Waals surface area contributed by atoms with E-state index in [1.54, 1.807) is 36.4 Å². The second kappa shape index (κ2) is 6.62. The second-order valence-corrected chi connectivity index (χ2v) is 4.59. The molecule has 0 saturated heterocycles. The third-order valence-electron chi connectivity index (χ3n) is 3.12. The van der Waals surface area contributed by atoms with Crippen LogP contribution in [0.5, 0.6) is 0 Å². The molecule has 1 atom stereocenters. The van der Waals surface area contributed by atoms with Crippen LogP contribution in [0.15, 0.2) is 54.6 Å². The number of alkyl halides is 5. The molecule has 7 heteroatoms. The first-order chi connectivity index (χ1) is 9.73. The van der Waals surface area contributed by atoms with Gasteiger partial charge >= 0.3 is 12.1 Å². The van der Waals surface area contributed by atoms with Crippen LogP contribution in [0.2, 0.25) is 0 Å². The molecule has 2 rings (SSSR count). The van der Waals surface area contributed by atoms with Crippen molar-refractivity contribution in [2.45, 2.75) is 18.1 Å². The van der Waals surface area contributed by atoms with Crippen molar-refractivity contribution in [3.8, 4) is 11.1 Å². The first-order valence-corrected chi connectivity index (χ1v) is 6.09. The molecule has 2 aromatic carbocycles. The minimum Gasteiger partial charge on any atom is -0.319 e. The van der Waals surface area contributed by atoms with Crippen molar-refractivity contribution >= 4 is 12.4 Å². The van der Waals surface area contributed by atoms with Gasteiger partial charge < -0.3 is 5.73 Å². The van der Waals surface area contributed by atoms with Crippen LogP contribution in [0.4, 0.5) is 22.0 Å². The van der Waals surface area contributed by atoms with Gasteiger partial charge in [0.2, 0.25) is 0 Å². The molecule has 0 aliphatic carbocycles. The molecular formula is C15H13ClF5N. The summed E-state index contributed by atoms with van der Waals surface area (Å²) in [4.78, 5) is 0. The molecule has 0 fully saturated rings. The van der Waals surface area contributed by atoms with Gasteiger partial charge in [0.1, 0.15) is 6.04 Å². The molecule has 0 aliphatic rings. The zero-order valence-electron chi connectivity index (χ0n) is 11.1. The summed E-state index contributed by atoms with van der Waals surface area (Å²) in [6.45, 7) is 0. The minimum absolute atomic E-state index is 0. The van der Waals surface area contributed by atoms with Gasteiger partial charge in [-0.1, -0.05) is 48.5 Å². The molecule has 22 heavy (non-hydrogen) atoms. The summed E-state index contributed by atoms with van der Waals surface area (Å²) in [6, 6.07) is 11.7. The van der Waals surface area contributed by atoms with Crippen LogP contribution < -0.4 is 5.73 Å². The Bertz CT molecular complexity index is 613. The maximum atomic E-state index is 13.3.